The highest BCUT2D eigenvalue weighted by Crippen LogP contribution is 2.25. The number of hydrogen-bond acceptors (Lipinski definition) is 6. The second-order valence-electron chi connectivity index (χ2n) is 5.48. The van der Waals surface area contributed by atoms with E-state index in [0.29, 0.717) is 11.0 Å². The number of nitrogens with one attached hydrogen (secondary N) is 2. The molecular formula is C15H20N6O2S. The molecule has 2 N–H and O–H groups in total. The van der Waals surface area contributed by atoms with Gasteiger partial charge in [0.1, 0.15) is 0 Å². The van der Waals surface area contributed by atoms with Gasteiger partial charge in [0.25, 0.3) is 0 Å². The Morgan fingerprint density at radius 3 is 2.46 bits per heavy atom. The first kappa shape index (κ1) is 17.9. The molecule has 0 saturated heterocycles. The minimum absolute atomic E-state index is 0.0394. The van der Waals surface area contributed by atoms with Crippen molar-refractivity contribution < 1.29 is 9.59 Å². The number of carbonyl (C=O) groups excluding carboxylic acids is 2. The zero-order chi connectivity index (χ0) is 17.7. The van der Waals surface area contributed by atoms with E-state index in [2.05, 4.69) is 25.8 Å². The second-order valence-corrected chi connectivity index (χ2v) is 6.79. The molecule has 2 rings (SSSR count). The number of imide groups is 1. The predicted octanol–water partition coefficient (Wildman–Crippen LogP) is 1.59. The standard InChI is InChI=1S/C15H20N6O2S/c1-9(2)17-14(23)18-13(22)10(3)24-15-20-19-12(21(15)4)11-5-7-16-8-6-11/h5-10H,1-4H3,(H2,17,18,22,23)/t10-/m1/s1. The van der Waals surface area contributed by atoms with Crippen LogP contribution in [0.5, 0.6) is 0 Å². The lowest BCUT2D eigenvalue weighted by Gasteiger charge is -2.13. The van der Waals surface area contributed by atoms with Crippen LogP contribution in [0.15, 0.2) is 29.7 Å². The molecule has 0 saturated carbocycles. The van der Waals surface area contributed by atoms with Crippen LogP contribution < -0.4 is 10.6 Å². The molecule has 0 spiro atoms. The number of pyridine rings is 1. The quantitative estimate of drug-likeness (QED) is 0.796. The van der Waals surface area contributed by atoms with Crippen LogP contribution in [-0.2, 0) is 11.8 Å². The van der Waals surface area contributed by atoms with E-state index >= 15 is 0 Å². The fourth-order valence-electron chi connectivity index (χ4n) is 1.89. The second kappa shape index (κ2) is 7.91. The van der Waals surface area contributed by atoms with Crippen LogP contribution in [-0.4, -0.2) is 43.0 Å². The summed E-state index contributed by atoms with van der Waals surface area (Å²) in [6.45, 7) is 5.36. The molecule has 0 unspecified atom stereocenters. The number of hydrogen-bond donors (Lipinski definition) is 2. The minimum atomic E-state index is -0.502. The summed E-state index contributed by atoms with van der Waals surface area (Å²) in [6, 6.07) is 3.13. The molecule has 2 aromatic rings. The maximum absolute atomic E-state index is 12.1. The molecule has 2 aromatic heterocycles. The molecule has 9 heteroatoms. The van der Waals surface area contributed by atoms with E-state index < -0.39 is 11.3 Å². The molecule has 0 fully saturated rings. The van der Waals surface area contributed by atoms with Gasteiger partial charge >= 0.3 is 6.03 Å². The number of thioether (sulfide) groups is 1. The predicted molar refractivity (Wildman–Crippen MR) is 91.4 cm³/mol. The van der Waals surface area contributed by atoms with E-state index in [1.807, 2.05) is 33.0 Å². The van der Waals surface area contributed by atoms with Crippen LogP contribution in [0.1, 0.15) is 20.8 Å². The van der Waals surface area contributed by atoms with E-state index in [1.54, 1.807) is 23.9 Å². The molecule has 2 heterocycles. The summed E-state index contributed by atoms with van der Waals surface area (Å²) in [6.07, 6.45) is 3.36. The smallest absolute Gasteiger partial charge is 0.321 e. The number of carbonyl (C=O) groups is 2. The van der Waals surface area contributed by atoms with Gasteiger partial charge in [-0.2, -0.15) is 0 Å². The normalized spacial score (nSPS) is 12.0. The van der Waals surface area contributed by atoms with Crippen molar-refractivity contribution in [3.05, 3.63) is 24.5 Å². The van der Waals surface area contributed by atoms with Gasteiger partial charge in [0.05, 0.1) is 5.25 Å². The summed E-state index contributed by atoms with van der Waals surface area (Å²) >= 11 is 1.24. The van der Waals surface area contributed by atoms with Gasteiger partial charge in [-0.1, -0.05) is 11.8 Å². The summed E-state index contributed by atoms with van der Waals surface area (Å²) in [5.74, 6) is 0.302. The topological polar surface area (TPSA) is 102 Å². The number of amides is 3. The van der Waals surface area contributed by atoms with E-state index in [4.69, 9.17) is 0 Å². The van der Waals surface area contributed by atoms with Crippen molar-refractivity contribution in [1.82, 2.24) is 30.4 Å². The maximum atomic E-state index is 12.1. The lowest BCUT2D eigenvalue weighted by molar-refractivity contribution is -0.119. The van der Waals surface area contributed by atoms with Crippen molar-refractivity contribution in [2.45, 2.75) is 37.2 Å². The number of aromatic nitrogens is 4. The monoisotopic (exact) mass is 348 g/mol. The van der Waals surface area contributed by atoms with Gasteiger partial charge < -0.3 is 9.88 Å². The lowest BCUT2D eigenvalue weighted by atomic mass is 10.2. The van der Waals surface area contributed by atoms with E-state index in [1.165, 1.54) is 11.8 Å². The Kier molecular flexibility index (Phi) is 5.91. The SMILES string of the molecule is CC(C)NC(=O)NC(=O)[C@@H](C)Sc1nnc(-c2ccncc2)n1C. The number of rotatable bonds is 5. The van der Waals surface area contributed by atoms with Crippen molar-refractivity contribution in [3.63, 3.8) is 0 Å². The lowest BCUT2D eigenvalue weighted by Crippen LogP contribution is -2.45. The van der Waals surface area contributed by atoms with Crippen molar-refractivity contribution in [1.29, 1.82) is 0 Å². The number of urea groups is 1. The molecule has 1 atom stereocenters. The molecule has 8 nitrogen and oxygen atoms in total. The Hall–Kier alpha value is -2.42. The van der Waals surface area contributed by atoms with Gasteiger partial charge in [-0.3, -0.25) is 15.1 Å². The summed E-state index contributed by atoms with van der Waals surface area (Å²) in [5, 5.41) is 13.3. The average Bonchev–Trinajstić information content (AvgIpc) is 2.88. The van der Waals surface area contributed by atoms with Gasteiger partial charge in [0.2, 0.25) is 5.91 Å². The minimum Gasteiger partial charge on any atom is -0.336 e. The fourth-order valence-corrected chi connectivity index (χ4v) is 2.71. The van der Waals surface area contributed by atoms with Gasteiger partial charge in [-0.15, -0.1) is 10.2 Å². The summed E-state index contributed by atoms with van der Waals surface area (Å²) in [7, 11) is 1.83. The van der Waals surface area contributed by atoms with E-state index in [9.17, 15) is 9.59 Å². The number of nitrogens with zero attached hydrogens (tertiary/aromatic N) is 4. The molecular weight excluding hydrogens is 328 g/mol. The maximum Gasteiger partial charge on any atom is 0.321 e. The van der Waals surface area contributed by atoms with Gasteiger partial charge in [0, 0.05) is 31.0 Å². The molecule has 0 bridgehead atoms. The largest absolute Gasteiger partial charge is 0.336 e. The van der Waals surface area contributed by atoms with Crippen LogP contribution in [0.4, 0.5) is 4.79 Å². The van der Waals surface area contributed by atoms with Gasteiger partial charge in [0.15, 0.2) is 11.0 Å². The summed E-state index contributed by atoms with van der Waals surface area (Å²) in [5.41, 5.74) is 0.889. The highest BCUT2D eigenvalue weighted by Gasteiger charge is 2.21. The highest BCUT2D eigenvalue weighted by molar-refractivity contribution is 8.00. The van der Waals surface area contributed by atoms with Crippen LogP contribution in [0.25, 0.3) is 11.4 Å². The Labute approximate surface area is 144 Å². The average molecular weight is 348 g/mol. The zero-order valence-electron chi connectivity index (χ0n) is 14.0. The molecule has 3 amide bonds. The Balaban J connectivity index is 2.02. The molecule has 0 radical (unpaired) electrons. The molecule has 128 valence electrons. The van der Waals surface area contributed by atoms with E-state index in [0.717, 1.165) is 5.56 Å². The molecule has 0 aliphatic rings. The summed E-state index contributed by atoms with van der Waals surface area (Å²) in [4.78, 5) is 27.6. The van der Waals surface area contributed by atoms with Crippen LogP contribution in [0, 0.1) is 0 Å². The van der Waals surface area contributed by atoms with Crippen molar-refractivity contribution in [3.8, 4) is 11.4 Å². The Bertz CT molecular complexity index is 716. The first-order valence-corrected chi connectivity index (χ1v) is 8.34. The van der Waals surface area contributed by atoms with Crippen LogP contribution in [0.3, 0.4) is 0 Å². The fraction of sp³-hybridized carbons (Fsp3) is 0.400. The van der Waals surface area contributed by atoms with Crippen molar-refractivity contribution in [2.75, 3.05) is 0 Å². The van der Waals surface area contributed by atoms with Gasteiger partial charge in [-0.05, 0) is 32.9 Å². The first-order valence-electron chi connectivity index (χ1n) is 7.46. The van der Waals surface area contributed by atoms with Crippen molar-refractivity contribution in [2.24, 2.45) is 7.05 Å². The third-order valence-corrected chi connectivity index (χ3v) is 4.22. The molecule has 0 aliphatic heterocycles. The van der Waals surface area contributed by atoms with Gasteiger partial charge in [-0.25, -0.2) is 4.79 Å². The molecule has 0 aliphatic carbocycles. The highest BCUT2D eigenvalue weighted by atomic mass is 32.2. The van der Waals surface area contributed by atoms with Crippen LogP contribution >= 0.6 is 11.8 Å². The zero-order valence-corrected chi connectivity index (χ0v) is 14.8. The van der Waals surface area contributed by atoms with E-state index in [-0.39, 0.29) is 11.9 Å². The third-order valence-electron chi connectivity index (χ3n) is 3.08. The molecule has 0 aromatic carbocycles. The van der Waals surface area contributed by atoms with Crippen LogP contribution in [0.2, 0.25) is 0 Å². The Morgan fingerprint density at radius 1 is 1.17 bits per heavy atom. The molecule has 24 heavy (non-hydrogen) atoms. The van der Waals surface area contributed by atoms with Crippen molar-refractivity contribution >= 4 is 23.7 Å². The third kappa shape index (κ3) is 4.54. The Morgan fingerprint density at radius 2 is 1.83 bits per heavy atom. The summed E-state index contributed by atoms with van der Waals surface area (Å²) < 4.78 is 1.80. The first-order chi connectivity index (χ1) is 11.4.